The van der Waals surface area contributed by atoms with Gasteiger partial charge in [-0.2, -0.15) is 0 Å². The molecule has 0 saturated heterocycles. The molecule has 1 atom stereocenters. The van der Waals surface area contributed by atoms with E-state index in [0.29, 0.717) is 0 Å². The summed E-state index contributed by atoms with van der Waals surface area (Å²) < 4.78 is 0. The van der Waals surface area contributed by atoms with Crippen LogP contribution in [0.4, 0.5) is 17.1 Å². The van der Waals surface area contributed by atoms with Crippen LogP contribution in [0.25, 0.3) is 16.8 Å². The Morgan fingerprint density at radius 2 is 1.62 bits per heavy atom. The van der Waals surface area contributed by atoms with Gasteiger partial charge < -0.3 is 9.80 Å². The van der Waals surface area contributed by atoms with Crippen LogP contribution in [0.3, 0.4) is 0 Å². The zero-order chi connectivity index (χ0) is 32.1. The van der Waals surface area contributed by atoms with Crippen LogP contribution in [0.2, 0.25) is 0 Å². The largest absolute Gasteiger partial charge is 0.317 e. The molecule has 4 aromatic rings. The molecule has 0 N–H and O–H groups in total. The molecule has 8 rings (SSSR count). The molecule has 4 aliphatic rings. The molecule has 2 aliphatic heterocycles. The van der Waals surface area contributed by atoms with Crippen LogP contribution in [0, 0.1) is 0 Å². The molecule has 2 heteroatoms. The van der Waals surface area contributed by atoms with Crippen molar-refractivity contribution >= 4 is 22.8 Å². The second-order valence-electron chi connectivity index (χ2n) is 13.4. The van der Waals surface area contributed by atoms with E-state index in [1.165, 1.54) is 73.0 Å². The van der Waals surface area contributed by atoms with Crippen molar-refractivity contribution in [1.82, 2.24) is 0 Å². The van der Waals surface area contributed by atoms with Gasteiger partial charge in [0.1, 0.15) is 0 Å². The van der Waals surface area contributed by atoms with Crippen LogP contribution in [-0.4, -0.2) is 0 Å². The molecule has 0 radical (unpaired) electrons. The summed E-state index contributed by atoms with van der Waals surface area (Å²) >= 11 is 0. The van der Waals surface area contributed by atoms with Crippen LogP contribution in [-0.2, 0) is 5.41 Å². The quantitative estimate of drug-likeness (QED) is 0.208. The van der Waals surface area contributed by atoms with E-state index in [4.69, 9.17) is 0 Å². The number of para-hydroxylation sites is 1. The first-order chi connectivity index (χ1) is 23.0. The van der Waals surface area contributed by atoms with Crippen LogP contribution in [0.5, 0.6) is 0 Å². The van der Waals surface area contributed by atoms with Crippen molar-refractivity contribution < 1.29 is 0 Å². The molecule has 0 aromatic heterocycles. The van der Waals surface area contributed by atoms with Gasteiger partial charge in [0.25, 0.3) is 0 Å². The minimum Gasteiger partial charge on any atom is -0.317 e. The van der Waals surface area contributed by atoms with Gasteiger partial charge in [0, 0.05) is 40.2 Å². The molecule has 2 heterocycles. The monoisotopic (exact) mass is 608 g/mol. The van der Waals surface area contributed by atoms with Crippen molar-refractivity contribution in [2.24, 2.45) is 0 Å². The molecule has 0 amide bonds. The standard InChI is InChI=1S/C45H40N2/c1-5-6-8-20-43-39-29-33(22-26-44(39)47(43)34-16-9-7-10-17-34)32-21-25-42-38(28-32)31(2)15-13-14-27-46(42)35-23-24-37-36-18-11-12-19-40(36)45(3,4)41(37)30-35/h5-12,14,16-20,22-30,32H,1-2,13,15,21H2,3-4H3/b8-6-,27-14-,43-20-. The third-order valence-electron chi connectivity index (χ3n) is 10.3. The van der Waals surface area contributed by atoms with Gasteiger partial charge in [0.15, 0.2) is 0 Å². The Kier molecular flexibility index (Phi) is 7.10. The number of fused-ring (bicyclic) bond motifs is 5. The lowest BCUT2D eigenvalue weighted by molar-refractivity contribution is 0.660. The Bertz CT molecular complexity index is 2080. The minimum absolute atomic E-state index is 0.0393. The van der Waals surface area contributed by atoms with E-state index < -0.39 is 0 Å². The van der Waals surface area contributed by atoms with Crippen molar-refractivity contribution in [3.8, 4) is 11.1 Å². The first kappa shape index (κ1) is 29.1. The van der Waals surface area contributed by atoms with Crippen LogP contribution in [0.1, 0.15) is 61.3 Å². The first-order valence-corrected chi connectivity index (χ1v) is 16.8. The molecule has 47 heavy (non-hydrogen) atoms. The Balaban J connectivity index is 1.14. The summed E-state index contributed by atoms with van der Waals surface area (Å²) in [6.07, 6.45) is 20.4. The molecule has 0 saturated carbocycles. The number of anilines is 3. The van der Waals surface area contributed by atoms with E-state index in [1.54, 1.807) is 0 Å². The molecule has 0 bridgehead atoms. The third kappa shape index (κ3) is 4.79. The molecule has 1 unspecified atom stereocenters. The molecule has 0 spiro atoms. The number of rotatable bonds is 5. The maximum Gasteiger partial charge on any atom is 0.0555 e. The Hall–Kier alpha value is -5.34. The normalized spacial score (nSPS) is 20.7. The Morgan fingerprint density at radius 1 is 0.809 bits per heavy atom. The van der Waals surface area contributed by atoms with Crippen LogP contribution in [0.15, 0.2) is 170 Å². The second kappa shape index (κ2) is 11.5. The predicted octanol–water partition coefficient (Wildman–Crippen LogP) is 11.9. The first-order valence-electron chi connectivity index (χ1n) is 16.8. The van der Waals surface area contributed by atoms with Gasteiger partial charge in [-0.05, 0) is 101 Å². The molecule has 4 aromatic carbocycles. The van der Waals surface area contributed by atoms with Crippen LogP contribution < -0.4 is 9.80 Å². The molecule has 2 nitrogen and oxygen atoms in total. The maximum absolute atomic E-state index is 4.60. The molecular weight excluding hydrogens is 569 g/mol. The fourth-order valence-corrected chi connectivity index (χ4v) is 7.81. The SMILES string of the molecule is C=C/C=C\C=C1\c2cc(C3C=C4C(=C)CC/C=C\N(c5ccc6c(c5)C(C)(C)c5ccccc5-6)C4=CC3)ccc2N1c1ccccc1. The smallest absolute Gasteiger partial charge is 0.0555 e. The topological polar surface area (TPSA) is 6.48 Å². The molecular formula is C45H40N2. The lowest BCUT2D eigenvalue weighted by Gasteiger charge is -2.40. The van der Waals surface area contributed by atoms with Crippen molar-refractivity contribution in [2.75, 3.05) is 9.80 Å². The molecule has 2 aliphatic carbocycles. The summed E-state index contributed by atoms with van der Waals surface area (Å²) in [6, 6.07) is 33.5. The highest BCUT2D eigenvalue weighted by Crippen LogP contribution is 2.51. The van der Waals surface area contributed by atoms with Gasteiger partial charge in [-0.25, -0.2) is 0 Å². The van der Waals surface area contributed by atoms with Gasteiger partial charge in [0.2, 0.25) is 0 Å². The van der Waals surface area contributed by atoms with E-state index >= 15 is 0 Å². The van der Waals surface area contributed by atoms with E-state index in [2.05, 4.69) is 164 Å². The van der Waals surface area contributed by atoms with Crippen molar-refractivity contribution in [2.45, 2.75) is 44.4 Å². The summed E-state index contributed by atoms with van der Waals surface area (Å²) in [5.41, 5.74) is 16.6. The van der Waals surface area contributed by atoms with Gasteiger partial charge in [0.05, 0.1) is 11.4 Å². The Morgan fingerprint density at radius 3 is 2.47 bits per heavy atom. The Labute approximate surface area is 279 Å². The fraction of sp³-hybridized carbons (Fsp3) is 0.156. The van der Waals surface area contributed by atoms with E-state index in [1.807, 2.05) is 12.2 Å². The molecule has 0 fully saturated rings. The number of benzene rings is 4. The minimum atomic E-state index is -0.0393. The highest BCUT2D eigenvalue weighted by molar-refractivity contribution is 6.03. The lowest BCUT2D eigenvalue weighted by Crippen LogP contribution is -2.26. The third-order valence-corrected chi connectivity index (χ3v) is 10.3. The average Bonchev–Trinajstić information content (AvgIpc) is 3.32. The number of hydrogen-bond donors (Lipinski definition) is 0. The number of allylic oxidation sites excluding steroid dienone is 8. The summed E-state index contributed by atoms with van der Waals surface area (Å²) in [4.78, 5) is 4.73. The zero-order valence-corrected chi connectivity index (χ0v) is 27.3. The zero-order valence-electron chi connectivity index (χ0n) is 27.3. The highest BCUT2D eigenvalue weighted by Gasteiger charge is 2.36. The van der Waals surface area contributed by atoms with Crippen molar-refractivity contribution in [1.29, 1.82) is 0 Å². The number of nitrogens with zero attached hydrogens (tertiary/aromatic N) is 2. The van der Waals surface area contributed by atoms with Crippen molar-refractivity contribution in [3.05, 3.63) is 192 Å². The van der Waals surface area contributed by atoms with E-state index in [0.717, 1.165) is 19.3 Å². The fourth-order valence-electron chi connectivity index (χ4n) is 7.81. The molecule has 230 valence electrons. The van der Waals surface area contributed by atoms with Crippen molar-refractivity contribution in [3.63, 3.8) is 0 Å². The summed E-state index contributed by atoms with van der Waals surface area (Å²) in [5, 5.41) is 0. The summed E-state index contributed by atoms with van der Waals surface area (Å²) in [6.45, 7) is 13.2. The van der Waals surface area contributed by atoms with Crippen LogP contribution >= 0.6 is 0 Å². The lowest BCUT2D eigenvalue weighted by atomic mass is 9.81. The van der Waals surface area contributed by atoms with Gasteiger partial charge >= 0.3 is 0 Å². The van der Waals surface area contributed by atoms with Gasteiger partial charge in [-0.15, -0.1) is 0 Å². The van der Waals surface area contributed by atoms with E-state index in [-0.39, 0.29) is 11.3 Å². The average molecular weight is 609 g/mol. The highest BCUT2D eigenvalue weighted by atomic mass is 15.2. The van der Waals surface area contributed by atoms with E-state index in [9.17, 15) is 0 Å². The number of hydrogen-bond acceptors (Lipinski definition) is 2. The summed E-state index contributed by atoms with van der Waals surface area (Å²) in [7, 11) is 0. The summed E-state index contributed by atoms with van der Waals surface area (Å²) in [5.74, 6) is 0.283. The predicted molar refractivity (Wildman–Crippen MR) is 200 cm³/mol. The van der Waals surface area contributed by atoms with Gasteiger partial charge in [-0.1, -0.05) is 118 Å². The second-order valence-corrected chi connectivity index (χ2v) is 13.4. The van der Waals surface area contributed by atoms with Gasteiger partial charge in [-0.3, -0.25) is 0 Å². The maximum atomic E-state index is 4.60.